The van der Waals surface area contributed by atoms with E-state index in [4.69, 9.17) is 16.3 Å². The molecule has 96 valence electrons. The van der Waals surface area contributed by atoms with Crippen LogP contribution in [0.4, 0.5) is 5.95 Å². The van der Waals surface area contributed by atoms with Crippen molar-refractivity contribution in [1.29, 1.82) is 0 Å². The number of hydrogen-bond acceptors (Lipinski definition) is 6. The fourth-order valence-electron chi connectivity index (χ4n) is 1.39. The Labute approximate surface area is 114 Å². The van der Waals surface area contributed by atoms with Gasteiger partial charge in [0.2, 0.25) is 11.2 Å². The van der Waals surface area contributed by atoms with Gasteiger partial charge in [0.25, 0.3) is 0 Å². The van der Waals surface area contributed by atoms with E-state index in [-0.39, 0.29) is 17.3 Å². The molecule has 0 spiro atoms. The van der Waals surface area contributed by atoms with Gasteiger partial charge in [0, 0.05) is 0 Å². The van der Waals surface area contributed by atoms with Crippen LogP contribution in [-0.4, -0.2) is 21.6 Å². The minimum atomic E-state index is 0.101. The maximum atomic E-state index is 5.81. The first kappa shape index (κ1) is 13.0. The highest BCUT2D eigenvalue weighted by atomic mass is 35.5. The Bertz CT molecular complexity index is 506. The Morgan fingerprint density at radius 2 is 2.28 bits per heavy atom. The predicted molar refractivity (Wildman–Crippen MR) is 72.4 cm³/mol. The Kier molecular flexibility index (Phi) is 4.33. The molecule has 0 amide bonds. The molecule has 2 aromatic rings. The lowest BCUT2D eigenvalue weighted by Gasteiger charge is -2.12. The fourth-order valence-corrected chi connectivity index (χ4v) is 2.29. The van der Waals surface area contributed by atoms with E-state index in [2.05, 4.69) is 31.7 Å². The third kappa shape index (κ3) is 3.30. The standard InChI is InChI=1S/C11H13ClN4OS/c1-3-17-11-15-9(12)14-10(16-11)13-7(2)8-4-5-18-6-8/h4-7H,3H2,1-2H3,(H,13,14,15,16). The zero-order valence-corrected chi connectivity index (χ0v) is 11.6. The van der Waals surface area contributed by atoms with Crippen LogP contribution >= 0.6 is 22.9 Å². The Morgan fingerprint density at radius 1 is 1.44 bits per heavy atom. The molecule has 0 bridgehead atoms. The number of rotatable bonds is 5. The highest BCUT2D eigenvalue weighted by Crippen LogP contribution is 2.20. The monoisotopic (exact) mass is 284 g/mol. The topological polar surface area (TPSA) is 59.9 Å². The van der Waals surface area contributed by atoms with Crippen molar-refractivity contribution in [3.05, 3.63) is 27.7 Å². The normalized spacial score (nSPS) is 12.2. The second-order valence-corrected chi connectivity index (χ2v) is 4.68. The average molecular weight is 285 g/mol. The number of halogens is 1. The van der Waals surface area contributed by atoms with Crippen LogP contribution in [-0.2, 0) is 0 Å². The van der Waals surface area contributed by atoms with Crippen molar-refractivity contribution < 1.29 is 4.74 Å². The lowest BCUT2D eigenvalue weighted by molar-refractivity contribution is 0.312. The summed E-state index contributed by atoms with van der Waals surface area (Å²) >= 11 is 7.46. The fraction of sp³-hybridized carbons (Fsp3) is 0.364. The lowest BCUT2D eigenvalue weighted by Crippen LogP contribution is -2.10. The van der Waals surface area contributed by atoms with Gasteiger partial charge in [-0.3, -0.25) is 0 Å². The van der Waals surface area contributed by atoms with Gasteiger partial charge in [0.15, 0.2) is 0 Å². The van der Waals surface area contributed by atoms with Gasteiger partial charge in [-0.25, -0.2) is 0 Å². The highest BCUT2D eigenvalue weighted by molar-refractivity contribution is 7.07. The van der Waals surface area contributed by atoms with Crippen molar-refractivity contribution in [1.82, 2.24) is 15.0 Å². The van der Waals surface area contributed by atoms with Crippen LogP contribution < -0.4 is 10.1 Å². The lowest BCUT2D eigenvalue weighted by atomic mass is 10.2. The second-order valence-electron chi connectivity index (χ2n) is 3.57. The first-order valence-corrected chi connectivity index (χ1v) is 6.84. The van der Waals surface area contributed by atoms with Crippen LogP contribution in [0, 0.1) is 0 Å². The molecule has 0 aromatic carbocycles. The molecule has 18 heavy (non-hydrogen) atoms. The molecule has 5 nitrogen and oxygen atoms in total. The average Bonchev–Trinajstić information content (AvgIpc) is 2.81. The molecule has 1 atom stereocenters. The molecule has 0 saturated carbocycles. The molecule has 0 aliphatic carbocycles. The highest BCUT2D eigenvalue weighted by Gasteiger charge is 2.10. The minimum Gasteiger partial charge on any atom is -0.464 e. The van der Waals surface area contributed by atoms with Crippen LogP contribution in [0.15, 0.2) is 16.8 Å². The molecular weight excluding hydrogens is 272 g/mol. The van der Waals surface area contributed by atoms with E-state index in [1.807, 2.05) is 19.2 Å². The third-order valence-electron chi connectivity index (χ3n) is 2.25. The zero-order valence-electron chi connectivity index (χ0n) is 10.1. The zero-order chi connectivity index (χ0) is 13.0. The van der Waals surface area contributed by atoms with Crippen molar-refractivity contribution in [3.63, 3.8) is 0 Å². The van der Waals surface area contributed by atoms with Crippen LogP contribution in [0.3, 0.4) is 0 Å². The van der Waals surface area contributed by atoms with Crippen LogP contribution in [0.2, 0.25) is 5.28 Å². The van der Waals surface area contributed by atoms with Gasteiger partial charge in [-0.1, -0.05) is 0 Å². The molecule has 2 rings (SSSR count). The van der Waals surface area contributed by atoms with E-state index in [9.17, 15) is 0 Å². The van der Waals surface area contributed by atoms with Crippen LogP contribution in [0.1, 0.15) is 25.5 Å². The number of ether oxygens (including phenoxy) is 1. The van der Waals surface area contributed by atoms with Gasteiger partial charge >= 0.3 is 6.01 Å². The summed E-state index contributed by atoms with van der Waals surface area (Å²) in [4.78, 5) is 12.0. The minimum absolute atomic E-state index is 0.101. The summed E-state index contributed by atoms with van der Waals surface area (Å²) in [5.74, 6) is 0.414. The number of anilines is 1. The van der Waals surface area contributed by atoms with Crippen molar-refractivity contribution in [3.8, 4) is 6.01 Å². The third-order valence-corrected chi connectivity index (χ3v) is 3.12. The van der Waals surface area contributed by atoms with Gasteiger partial charge in [0.1, 0.15) is 0 Å². The molecule has 2 aromatic heterocycles. The number of nitrogens with zero attached hydrogens (tertiary/aromatic N) is 3. The van der Waals surface area contributed by atoms with Crippen LogP contribution in [0.5, 0.6) is 6.01 Å². The molecule has 2 heterocycles. The van der Waals surface area contributed by atoms with E-state index >= 15 is 0 Å². The van der Waals surface area contributed by atoms with Gasteiger partial charge in [-0.2, -0.15) is 26.3 Å². The van der Waals surface area contributed by atoms with E-state index in [1.54, 1.807) is 11.3 Å². The van der Waals surface area contributed by atoms with Gasteiger partial charge in [-0.05, 0) is 47.8 Å². The van der Waals surface area contributed by atoms with E-state index in [0.717, 1.165) is 0 Å². The summed E-state index contributed by atoms with van der Waals surface area (Å²) < 4.78 is 5.22. The molecule has 0 saturated heterocycles. The summed E-state index contributed by atoms with van der Waals surface area (Å²) in [7, 11) is 0. The second kappa shape index (κ2) is 5.97. The SMILES string of the molecule is CCOc1nc(Cl)nc(NC(C)c2ccsc2)n1. The molecular formula is C11H13ClN4OS. The molecule has 1 unspecified atom stereocenters. The number of thiophene rings is 1. The number of aromatic nitrogens is 3. The maximum absolute atomic E-state index is 5.81. The van der Waals surface area contributed by atoms with Gasteiger partial charge in [-0.15, -0.1) is 0 Å². The van der Waals surface area contributed by atoms with Crippen molar-refractivity contribution in [2.75, 3.05) is 11.9 Å². The van der Waals surface area contributed by atoms with Crippen molar-refractivity contribution in [2.45, 2.75) is 19.9 Å². The quantitative estimate of drug-likeness (QED) is 0.914. The van der Waals surface area contributed by atoms with E-state index in [0.29, 0.717) is 12.6 Å². The largest absolute Gasteiger partial charge is 0.464 e. The molecule has 7 heteroatoms. The van der Waals surface area contributed by atoms with Gasteiger partial charge in [0.05, 0.1) is 12.6 Å². The molecule has 0 radical (unpaired) electrons. The maximum Gasteiger partial charge on any atom is 0.322 e. The van der Waals surface area contributed by atoms with Crippen molar-refractivity contribution >= 4 is 28.9 Å². The molecule has 1 N–H and O–H groups in total. The summed E-state index contributed by atoms with van der Waals surface area (Å²) in [6, 6.07) is 2.39. The predicted octanol–water partition coefficient (Wildman–Crippen LogP) is 3.16. The first-order chi connectivity index (χ1) is 8.69. The summed E-state index contributed by atoms with van der Waals surface area (Å²) in [5.41, 5.74) is 1.18. The summed E-state index contributed by atoms with van der Waals surface area (Å²) in [6.07, 6.45) is 0. The Morgan fingerprint density at radius 3 is 2.94 bits per heavy atom. The Balaban J connectivity index is 2.13. The van der Waals surface area contributed by atoms with Crippen LogP contribution in [0.25, 0.3) is 0 Å². The molecule has 0 fully saturated rings. The van der Waals surface area contributed by atoms with Crippen molar-refractivity contribution in [2.24, 2.45) is 0 Å². The molecule has 0 aliphatic rings. The van der Waals surface area contributed by atoms with E-state index in [1.165, 1.54) is 5.56 Å². The summed E-state index contributed by atoms with van der Waals surface area (Å²) in [6.45, 7) is 4.37. The first-order valence-electron chi connectivity index (χ1n) is 5.52. The smallest absolute Gasteiger partial charge is 0.322 e. The molecule has 0 aliphatic heterocycles. The number of hydrogen-bond donors (Lipinski definition) is 1. The van der Waals surface area contributed by atoms with E-state index < -0.39 is 0 Å². The van der Waals surface area contributed by atoms with Gasteiger partial charge < -0.3 is 10.1 Å². The Hall–Kier alpha value is -1.40. The summed E-state index contributed by atoms with van der Waals surface area (Å²) in [5, 5.41) is 7.38. The number of nitrogens with one attached hydrogen (secondary N) is 1.